The Balaban J connectivity index is 2.40. The van der Waals surface area contributed by atoms with Crippen LogP contribution in [-0.4, -0.2) is 76.3 Å². The van der Waals surface area contributed by atoms with Gasteiger partial charge in [-0.1, -0.05) is 26.7 Å². The number of hydrogen-bond donors (Lipinski definition) is 3. The third-order valence-corrected chi connectivity index (χ3v) is 4.63. The molecule has 1 amide bonds. The molecule has 0 bridgehead atoms. The standard InChI is InChI=1S/C18H37N5O2/c1-15(2)16(23-10-7-5-6-8-11-23)13-21-18(19-3)22-14-17(24)20-9-12-25-4/h15-16H,5-14H2,1-4H3,(H,20,24)(H2,19,21,22). The largest absolute Gasteiger partial charge is 0.383 e. The topological polar surface area (TPSA) is 78.0 Å². The molecule has 1 rings (SSSR count). The average molecular weight is 356 g/mol. The van der Waals surface area contributed by atoms with E-state index in [0.29, 0.717) is 31.1 Å². The lowest BCUT2D eigenvalue weighted by molar-refractivity contribution is -0.120. The number of methoxy groups -OCH3 is 1. The van der Waals surface area contributed by atoms with Gasteiger partial charge in [0.25, 0.3) is 0 Å². The zero-order valence-corrected chi connectivity index (χ0v) is 16.4. The van der Waals surface area contributed by atoms with Gasteiger partial charge in [0.05, 0.1) is 13.2 Å². The van der Waals surface area contributed by atoms with Crippen LogP contribution in [0.1, 0.15) is 39.5 Å². The summed E-state index contributed by atoms with van der Waals surface area (Å²) in [5, 5.41) is 9.24. The Hall–Kier alpha value is -1.34. The van der Waals surface area contributed by atoms with Gasteiger partial charge in [-0.05, 0) is 31.8 Å². The van der Waals surface area contributed by atoms with Crippen molar-refractivity contribution in [3.05, 3.63) is 0 Å². The second-order valence-corrected chi connectivity index (χ2v) is 6.91. The predicted octanol–water partition coefficient (Wildman–Crippen LogP) is 0.815. The molecule has 0 aliphatic carbocycles. The third-order valence-electron chi connectivity index (χ3n) is 4.63. The molecule has 1 aliphatic rings. The minimum atomic E-state index is -0.0621. The number of carbonyl (C=O) groups excluding carboxylic acids is 1. The highest BCUT2D eigenvalue weighted by molar-refractivity contribution is 5.86. The molecule has 1 fully saturated rings. The lowest BCUT2D eigenvalue weighted by atomic mass is 10.0. The summed E-state index contributed by atoms with van der Waals surface area (Å²) in [6.07, 6.45) is 5.27. The van der Waals surface area contributed by atoms with E-state index in [1.54, 1.807) is 14.2 Å². The quantitative estimate of drug-likeness (QED) is 0.324. The van der Waals surface area contributed by atoms with Crippen molar-refractivity contribution in [1.29, 1.82) is 0 Å². The maximum absolute atomic E-state index is 11.7. The number of aliphatic imine (C=N–C) groups is 1. The first-order chi connectivity index (χ1) is 12.1. The van der Waals surface area contributed by atoms with Crippen molar-refractivity contribution < 1.29 is 9.53 Å². The lowest BCUT2D eigenvalue weighted by Gasteiger charge is -2.34. The molecule has 1 aliphatic heterocycles. The monoisotopic (exact) mass is 355 g/mol. The van der Waals surface area contributed by atoms with Crippen molar-refractivity contribution in [1.82, 2.24) is 20.9 Å². The molecule has 0 radical (unpaired) electrons. The van der Waals surface area contributed by atoms with E-state index in [1.165, 1.54) is 38.8 Å². The third kappa shape index (κ3) is 9.07. The average Bonchev–Trinajstić information content (AvgIpc) is 2.87. The molecule has 1 atom stereocenters. The first-order valence-corrected chi connectivity index (χ1v) is 9.52. The Bertz CT molecular complexity index is 393. The fraction of sp³-hybridized carbons (Fsp3) is 0.889. The summed E-state index contributed by atoms with van der Waals surface area (Å²) in [6.45, 7) is 8.99. The molecule has 1 heterocycles. The number of likely N-dealkylation sites (tertiary alicyclic amines) is 1. The van der Waals surface area contributed by atoms with Gasteiger partial charge in [-0.2, -0.15) is 0 Å². The minimum Gasteiger partial charge on any atom is -0.383 e. The lowest BCUT2D eigenvalue weighted by Crippen LogP contribution is -2.51. The molecule has 25 heavy (non-hydrogen) atoms. The molecule has 0 spiro atoms. The molecule has 146 valence electrons. The molecular formula is C18H37N5O2. The van der Waals surface area contributed by atoms with Gasteiger partial charge in [-0.15, -0.1) is 0 Å². The van der Waals surface area contributed by atoms with Crippen LogP contribution in [-0.2, 0) is 9.53 Å². The second-order valence-electron chi connectivity index (χ2n) is 6.91. The number of nitrogens with one attached hydrogen (secondary N) is 3. The fourth-order valence-corrected chi connectivity index (χ4v) is 3.15. The number of amides is 1. The van der Waals surface area contributed by atoms with Gasteiger partial charge in [0.1, 0.15) is 0 Å². The first kappa shape index (κ1) is 21.7. The van der Waals surface area contributed by atoms with Gasteiger partial charge in [0, 0.05) is 33.3 Å². The van der Waals surface area contributed by atoms with Crippen LogP contribution in [0.4, 0.5) is 0 Å². The molecule has 0 aromatic carbocycles. The zero-order valence-electron chi connectivity index (χ0n) is 16.4. The number of nitrogens with zero attached hydrogens (tertiary/aromatic N) is 2. The van der Waals surface area contributed by atoms with E-state index in [-0.39, 0.29) is 12.5 Å². The van der Waals surface area contributed by atoms with Crippen molar-refractivity contribution in [2.75, 3.05) is 53.5 Å². The normalized spacial score (nSPS) is 17.9. The molecule has 1 unspecified atom stereocenters. The van der Waals surface area contributed by atoms with E-state index in [0.717, 1.165) is 6.54 Å². The maximum atomic E-state index is 11.7. The Morgan fingerprint density at radius 2 is 1.80 bits per heavy atom. The molecular weight excluding hydrogens is 318 g/mol. The first-order valence-electron chi connectivity index (χ1n) is 9.52. The smallest absolute Gasteiger partial charge is 0.239 e. The van der Waals surface area contributed by atoms with Crippen LogP contribution in [0.25, 0.3) is 0 Å². The highest BCUT2D eigenvalue weighted by atomic mass is 16.5. The van der Waals surface area contributed by atoms with Crippen LogP contribution in [0.15, 0.2) is 4.99 Å². The Kier molecular flexibility index (Phi) is 11.2. The fourth-order valence-electron chi connectivity index (χ4n) is 3.15. The van der Waals surface area contributed by atoms with Gasteiger partial charge >= 0.3 is 0 Å². The molecule has 1 saturated heterocycles. The number of rotatable bonds is 9. The Morgan fingerprint density at radius 3 is 2.36 bits per heavy atom. The maximum Gasteiger partial charge on any atom is 0.239 e. The zero-order chi connectivity index (χ0) is 18.5. The van der Waals surface area contributed by atoms with Crippen molar-refractivity contribution in [2.24, 2.45) is 10.9 Å². The molecule has 7 heteroatoms. The highest BCUT2D eigenvalue weighted by Crippen LogP contribution is 2.16. The van der Waals surface area contributed by atoms with Crippen molar-refractivity contribution in [3.63, 3.8) is 0 Å². The molecule has 3 N–H and O–H groups in total. The van der Waals surface area contributed by atoms with Crippen LogP contribution in [0.2, 0.25) is 0 Å². The van der Waals surface area contributed by atoms with E-state index < -0.39 is 0 Å². The van der Waals surface area contributed by atoms with Crippen LogP contribution in [0.3, 0.4) is 0 Å². The van der Waals surface area contributed by atoms with E-state index >= 15 is 0 Å². The van der Waals surface area contributed by atoms with Crippen LogP contribution >= 0.6 is 0 Å². The van der Waals surface area contributed by atoms with Gasteiger partial charge < -0.3 is 20.7 Å². The van der Waals surface area contributed by atoms with E-state index in [2.05, 4.69) is 39.7 Å². The van der Waals surface area contributed by atoms with Crippen molar-refractivity contribution >= 4 is 11.9 Å². The number of hydrogen-bond acceptors (Lipinski definition) is 4. The van der Waals surface area contributed by atoms with Crippen LogP contribution in [0, 0.1) is 5.92 Å². The SMILES string of the molecule is CN=C(NCC(=O)NCCOC)NCC(C(C)C)N1CCCCCC1. The summed E-state index contributed by atoms with van der Waals surface area (Å²) in [5.41, 5.74) is 0. The summed E-state index contributed by atoms with van der Waals surface area (Å²) in [4.78, 5) is 18.6. The number of ether oxygens (including phenoxy) is 1. The van der Waals surface area contributed by atoms with Gasteiger partial charge in [-0.3, -0.25) is 14.7 Å². The summed E-state index contributed by atoms with van der Waals surface area (Å²) < 4.78 is 4.92. The van der Waals surface area contributed by atoms with E-state index in [4.69, 9.17) is 4.74 Å². The Labute approximate surface area is 153 Å². The van der Waals surface area contributed by atoms with E-state index in [1.807, 2.05) is 0 Å². The van der Waals surface area contributed by atoms with Crippen LogP contribution < -0.4 is 16.0 Å². The highest BCUT2D eigenvalue weighted by Gasteiger charge is 2.22. The molecule has 7 nitrogen and oxygen atoms in total. The minimum absolute atomic E-state index is 0.0621. The second kappa shape index (κ2) is 12.9. The van der Waals surface area contributed by atoms with E-state index in [9.17, 15) is 4.79 Å². The summed E-state index contributed by atoms with van der Waals surface area (Å²) >= 11 is 0. The molecule has 0 aromatic rings. The van der Waals surface area contributed by atoms with Gasteiger partial charge in [-0.25, -0.2) is 0 Å². The van der Waals surface area contributed by atoms with Crippen molar-refractivity contribution in [3.8, 4) is 0 Å². The Morgan fingerprint density at radius 1 is 1.12 bits per heavy atom. The predicted molar refractivity (Wildman–Crippen MR) is 103 cm³/mol. The number of guanidine groups is 1. The summed E-state index contributed by atoms with van der Waals surface area (Å²) in [6, 6.07) is 0.479. The van der Waals surface area contributed by atoms with Crippen LogP contribution in [0.5, 0.6) is 0 Å². The number of carbonyl (C=O) groups is 1. The summed E-state index contributed by atoms with van der Waals surface area (Å²) in [7, 11) is 3.35. The van der Waals surface area contributed by atoms with Crippen molar-refractivity contribution in [2.45, 2.75) is 45.6 Å². The van der Waals surface area contributed by atoms with Gasteiger partial charge in [0.2, 0.25) is 5.91 Å². The van der Waals surface area contributed by atoms with Gasteiger partial charge in [0.15, 0.2) is 5.96 Å². The summed E-state index contributed by atoms with van der Waals surface area (Å²) in [5.74, 6) is 1.18. The molecule has 0 saturated carbocycles. The molecule has 0 aromatic heterocycles.